The van der Waals surface area contributed by atoms with E-state index in [1.807, 2.05) is 6.07 Å². The summed E-state index contributed by atoms with van der Waals surface area (Å²) < 4.78 is 22.2. The molecule has 0 radical (unpaired) electrons. The van der Waals surface area contributed by atoms with E-state index in [9.17, 15) is 4.57 Å². The average molecular weight is 265 g/mol. The average Bonchev–Trinajstić information content (AvgIpc) is 2.35. The lowest BCUT2D eigenvalue weighted by Gasteiger charge is -2.15. The van der Waals surface area contributed by atoms with Crippen molar-refractivity contribution in [3.63, 3.8) is 0 Å². The van der Waals surface area contributed by atoms with Crippen LogP contribution in [0.2, 0.25) is 0 Å². The molecule has 0 saturated heterocycles. The molecule has 0 spiro atoms. The third-order valence-electron chi connectivity index (χ3n) is 1.89. The summed E-state index contributed by atoms with van der Waals surface area (Å²) in [5, 5.41) is 0. The van der Waals surface area contributed by atoms with Gasteiger partial charge in [-0.05, 0) is 31.2 Å². The smallest absolute Gasteiger partial charge is 0.405 e. The minimum absolute atomic E-state index is 0.358. The van der Waals surface area contributed by atoms with Crippen LogP contribution in [0.5, 0.6) is 5.75 Å². The third kappa shape index (κ3) is 5.04. The largest absolute Gasteiger partial charge is 0.510 e. The molecule has 1 aromatic rings. The second-order valence-corrected chi connectivity index (χ2v) is 4.77. The van der Waals surface area contributed by atoms with Crippen LogP contribution < -0.4 is 10.0 Å². The van der Waals surface area contributed by atoms with Crippen molar-refractivity contribution in [3.05, 3.63) is 67.0 Å². The summed E-state index contributed by atoms with van der Waals surface area (Å²) >= 11 is 0. The minimum Gasteiger partial charge on any atom is -0.405 e. The summed E-state index contributed by atoms with van der Waals surface area (Å²) in [5.41, 5.74) is 5.51. The number of rotatable bonds is 6. The highest BCUT2D eigenvalue weighted by Crippen LogP contribution is 2.42. The van der Waals surface area contributed by atoms with Gasteiger partial charge in [-0.15, -0.1) is 0 Å². The maximum absolute atomic E-state index is 11.9. The number of para-hydroxylation sites is 1. The number of hydrogen-bond donors (Lipinski definition) is 1. The fourth-order valence-electron chi connectivity index (χ4n) is 1.14. The Morgan fingerprint density at radius 3 is 2.61 bits per heavy atom. The SMILES string of the molecule is C=C/C=C\C(=C/C)OP(N)(=O)Oc1ccccc1. The lowest BCUT2D eigenvalue weighted by Crippen LogP contribution is -2.05. The Hall–Kier alpha value is -1.77. The zero-order valence-corrected chi connectivity index (χ0v) is 11.0. The Morgan fingerprint density at radius 1 is 1.39 bits per heavy atom. The molecule has 0 aliphatic rings. The van der Waals surface area contributed by atoms with Gasteiger partial charge in [0.05, 0.1) is 0 Å². The predicted molar refractivity (Wildman–Crippen MR) is 73.0 cm³/mol. The van der Waals surface area contributed by atoms with E-state index >= 15 is 0 Å². The van der Waals surface area contributed by atoms with Gasteiger partial charge in [-0.25, -0.2) is 10.1 Å². The van der Waals surface area contributed by atoms with Gasteiger partial charge < -0.3 is 9.05 Å². The topological polar surface area (TPSA) is 61.5 Å². The molecule has 0 aliphatic carbocycles. The quantitative estimate of drug-likeness (QED) is 0.483. The van der Waals surface area contributed by atoms with Gasteiger partial charge in [0.1, 0.15) is 11.5 Å². The van der Waals surface area contributed by atoms with E-state index in [-0.39, 0.29) is 0 Å². The van der Waals surface area contributed by atoms with Crippen LogP contribution in [0, 0.1) is 0 Å². The number of hydrogen-bond acceptors (Lipinski definition) is 3. The molecule has 0 saturated carbocycles. The summed E-state index contributed by atoms with van der Waals surface area (Å²) in [6.45, 7) is 5.27. The van der Waals surface area contributed by atoms with Crippen molar-refractivity contribution in [1.82, 2.24) is 0 Å². The molecule has 1 aromatic carbocycles. The van der Waals surface area contributed by atoms with Crippen LogP contribution in [0.1, 0.15) is 6.92 Å². The van der Waals surface area contributed by atoms with E-state index < -0.39 is 7.75 Å². The van der Waals surface area contributed by atoms with Crippen molar-refractivity contribution in [2.75, 3.05) is 0 Å². The molecule has 4 nitrogen and oxygen atoms in total. The van der Waals surface area contributed by atoms with Gasteiger partial charge >= 0.3 is 7.75 Å². The van der Waals surface area contributed by atoms with Crippen LogP contribution in [0.3, 0.4) is 0 Å². The van der Waals surface area contributed by atoms with Gasteiger partial charge in [-0.1, -0.05) is 36.9 Å². The third-order valence-corrected chi connectivity index (χ3v) is 2.82. The van der Waals surface area contributed by atoms with Gasteiger partial charge in [0, 0.05) is 0 Å². The molecular formula is C13H16NO3P. The monoisotopic (exact) mass is 265 g/mol. The molecule has 0 aliphatic heterocycles. The van der Waals surface area contributed by atoms with Gasteiger partial charge in [-0.3, -0.25) is 0 Å². The van der Waals surface area contributed by atoms with E-state index in [2.05, 4.69) is 6.58 Å². The molecule has 96 valence electrons. The van der Waals surface area contributed by atoms with E-state index in [0.717, 1.165) is 0 Å². The lowest BCUT2D eigenvalue weighted by molar-refractivity contribution is 0.339. The van der Waals surface area contributed by atoms with Crippen molar-refractivity contribution < 1.29 is 13.6 Å². The fraction of sp³-hybridized carbons (Fsp3) is 0.0769. The molecule has 1 rings (SSSR count). The molecule has 0 aromatic heterocycles. The molecule has 0 fully saturated rings. The van der Waals surface area contributed by atoms with Crippen molar-refractivity contribution in [3.8, 4) is 5.75 Å². The first-order valence-electron chi connectivity index (χ1n) is 5.35. The van der Waals surface area contributed by atoms with E-state index in [4.69, 9.17) is 14.6 Å². The van der Waals surface area contributed by atoms with Crippen LogP contribution in [0.25, 0.3) is 0 Å². The number of nitrogens with two attached hydrogens (primary N) is 1. The van der Waals surface area contributed by atoms with Gasteiger partial charge in [0.25, 0.3) is 0 Å². The van der Waals surface area contributed by atoms with Gasteiger partial charge in [0.15, 0.2) is 0 Å². The van der Waals surface area contributed by atoms with Crippen LogP contribution >= 0.6 is 7.75 Å². The molecule has 0 bridgehead atoms. The first kappa shape index (κ1) is 14.3. The Bertz CT molecular complexity index is 494. The Morgan fingerprint density at radius 2 is 2.06 bits per heavy atom. The van der Waals surface area contributed by atoms with E-state index in [0.29, 0.717) is 11.5 Å². The molecule has 0 heterocycles. The summed E-state index contributed by atoms with van der Waals surface area (Å²) in [5.74, 6) is 0.753. The highest BCUT2D eigenvalue weighted by molar-refractivity contribution is 7.51. The van der Waals surface area contributed by atoms with Crippen LogP contribution in [-0.4, -0.2) is 0 Å². The molecule has 5 heteroatoms. The Balaban J connectivity index is 2.73. The molecule has 0 amide bonds. The van der Waals surface area contributed by atoms with Crippen LogP contribution in [-0.2, 0) is 9.09 Å². The second kappa shape index (κ2) is 6.84. The van der Waals surface area contributed by atoms with Crippen LogP contribution in [0.15, 0.2) is 67.0 Å². The zero-order valence-electron chi connectivity index (χ0n) is 10.2. The standard InChI is InChI=1S/C13H16NO3P/c1-3-5-9-12(4-2)16-18(14,15)17-13-10-7-6-8-11-13/h3-11H,1H2,2H3,(H2,14,15)/b9-5-,12-4+. The molecule has 2 N–H and O–H groups in total. The fourth-order valence-corrected chi connectivity index (χ4v) is 2.05. The maximum Gasteiger partial charge on any atom is 0.510 e. The van der Waals surface area contributed by atoms with Gasteiger partial charge in [-0.2, -0.15) is 0 Å². The molecule has 18 heavy (non-hydrogen) atoms. The maximum atomic E-state index is 11.9. The highest BCUT2D eigenvalue weighted by atomic mass is 31.2. The minimum atomic E-state index is -3.68. The first-order valence-corrected chi connectivity index (χ1v) is 6.97. The Kier molecular flexibility index (Phi) is 5.43. The Labute approximate surface area is 107 Å². The van der Waals surface area contributed by atoms with E-state index in [1.54, 1.807) is 55.5 Å². The number of allylic oxidation sites excluding steroid dienone is 4. The molecule has 1 unspecified atom stereocenters. The first-order chi connectivity index (χ1) is 8.57. The summed E-state index contributed by atoms with van der Waals surface area (Å²) in [4.78, 5) is 0. The van der Waals surface area contributed by atoms with E-state index in [1.165, 1.54) is 0 Å². The van der Waals surface area contributed by atoms with Gasteiger partial charge in [0.2, 0.25) is 0 Å². The summed E-state index contributed by atoms with van der Waals surface area (Å²) in [6, 6.07) is 8.63. The normalized spacial score (nSPS) is 15.1. The molecular weight excluding hydrogens is 249 g/mol. The second-order valence-electron chi connectivity index (χ2n) is 3.32. The van der Waals surface area contributed by atoms with Crippen molar-refractivity contribution in [2.24, 2.45) is 5.50 Å². The zero-order chi connectivity index (χ0) is 13.4. The lowest BCUT2D eigenvalue weighted by atomic mass is 10.3. The summed E-state index contributed by atoms with van der Waals surface area (Å²) in [6.07, 6.45) is 6.46. The predicted octanol–water partition coefficient (Wildman–Crippen LogP) is 3.79. The highest BCUT2D eigenvalue weighted by Gasteiger charge is 2.21. The van der Waals surface area contributed by atoms with Crippen molar-refractivity contribution in [1.29, 1.82) is 0 Å². The molecule has 1 atom stereocenters. The van der Waals surface area contributed by atoms with Crippen molar-refractivity contribution >= 4 is 7.75 Å². The number of benzene rings is 1. The summed E-state index contributed by atoms with van der Waals surface area (Å²) in [7, 11) is -3.68. The van der Waals surface area contributed by atoms with Crippen LogP contribution in [0.4, 0.5) is 0 Å². The van der Waals surface area contributed by atoms with Crippen molar-refractivity contribution in [2.45, 2.75) is 6.92 Å².